The first-order valence-corrected chi connectivity index (χ1v) is 10.9. The highest BCUT2D eigenvalue weighted by Gasteiger charge is 2.28. The number of hydrogen-bond acceptors (Lipinski definition) is 3. The van der Waals surface area contributed by atoms with Crippen molar-refractivity contribution in [2.24, 2.45) is 11.3 Å². The molecule has 0 aliphatic carbocycles. The van der Waals surface area contributed by atoms with Crippen LogP contribution in [0.2, 0.25) is 0 Å². The number of aryl methyl sites for hydroxylation is 1. The molecule has 28 heavy (non-hydrogen) atoms. The van der Waals surface area contributed by atoms with Gasteiger partial charge >= 0.3 is 0 Å². The summed E-state index contributed by atoms with van der Waals surface area (Å²) < 4.78 is 1.05. The van der Waals surface area contributed by atoms with Crippen LogP contribution in [-0.4, -0.2) is 61.9 Å². The van der Waals surface area contributed by atoms with Gasteiger partial charge in [-0.3, -0.25) is 9.59 Å². The molecule has 0 atom stereocenters. The van der Waals surface area contributed by atoms with Crippen LogP contribution in [0.1, 0.15) is 38.7 Å². The number of carbonyl (C=O) groups is 2. The van der Waals surface area contributed by atoms with Crippen LogP contribution in [0, 0.1) is 11.3 Å². The third-order valence-electron chi connectivity index (χ3n) is 5.27. The molecule has 0 unspecified atom stereocenters. The fraction of sp³-hybridized carbons (Fsp3) is 0.636. The Balaban J connectivity index is 1.73. The Bertz CT molecular complexity index is 668. The Labute approximate surface area is 178 Å². The topological polar surface area (TPSA) is 52.7 Å². The maximum absolute atomic E-state index is 12.5. The molecule has 2 amide bonds. The highest BCUT2D eigenvalue weighted by Crippen LogP contribution is 2.21. The lowest BCUT2D eigenvalue weighted by molar-refractivity contribution is -0.135. The molecule has 1 heterocycles. The molecule has 0 radical (unpaired) electrons. The molecule has 1 saturated heterocycles. The molecular formula is C22H34BrN3O2. The lowest BCUT2D eigenvalue weighted by atomic mass is 9.91. The summed E-state index contributed by atoms with van der Waals surface area (Å²) in [5.74, 6) is 0.330. The lowest BCUT2D eigenvalue weighted by Crippen LogP contribution is -2.46. The third-order valence-corrected chi connectivity index (χ3v) is 6.04. The van der Waals surface area contributed by atoms with Gasteiger partial charge in [-0.2, -0.15) is 0 Å². The van der Waals surface area contributed by atoms with Crippen LogP contribution >= 0.6 is 15.9 Å². The van der Waals surface area contributed by atoms with Gasteiger partial charge in [-0.15, -0.1) is 0 Å². The standard InChI is InChI=1S/C22H34BrN3O2/c1-22(2,16-25(3)4)15-24-21(28)18-11-13-26(14-12-18)20(27)10-9-17-7-5-6-8-19(17)23/h5-8,18H,9-16H2,1-4H3,(H,24,28). The minimum absolute atomic E-state index is 0.0162. The molecule has 1 aromatic rings. The molecular weight excluding hydrogens is 418 g/mol. The van der Waals surface area contributed by atoms with E-state index >= 15 is 0 Å². The number of benzene rings is 1. The highest BCUT2D eigenvalue weighted by molar-refractivity contribution is 9.10. The van der Waals surface area contributed by atoms with E-state index < -0.39 is 0 Å². The number of hydrogen-bond donors (Lipinski definition) is 1. The van der Waals surface area contributed by atoms with Gasteiger partial charge < -0.3 is 15.1 Å². The molecule has 5 nitrogen and oxygen atoms in total. The Hall–Kier alpha value is -1.40. The van der Waals surface area contributed by atoms with Crippen LogP contribution in [-0.2, 0) is 16.0 Å². The number of amides is 2. The summed E-state index contributed by atoms with van der Waals surface area (Å²) in [7, 11) is 4.10. The van der Waals surface area contributed by atoms with Gasteiger partial charge in [-0.05, 0) is 50.4 Å². The van der Waals surface area contributed by atoms with Crippen LogP contribution in [0.3, 0.4) is 0 Å². The molecule has 1 fully saturated rings. The Morgan fingerprint density at radius 3 is 2.46 bits per heavy atom. The molecule has 0 saturated carbocycles. The number of halogens is 1. The van der Waals surface area contributed by atoms with E-state index in [1.807, 2.05) is 43.3 Å². The molecule has 1 aromatic carbocycles. The van der Waals surface area contributed by atoms with Crippen LogP contribution < -0.4 is 5.32 Å². The van der Waals surface area contributed by atoms with Crippen molar-refractivity contribution < 1.29 is 9.59 Å². The quantitative estimate of drug-likeness (QED) is 0.659. The first-order valence-electron chi connectivity index (χ1n) is 10.1. The smallest absolute Gasteiger partial charge is 0.223 e. The summed E-state index contributed by atoms with van der Waals surface area (Å²) in [5.41, 5.74) is 1.20. The zero-order valence-electron chi connectivity index (χ0n) is 17.6. The maximum Gasteiger partial charge on any atom is 0.223 e. The van der Waals surface area contributed by atoms with Crippen molar-refractivity contribution in [3.05, 3.63) is 34.3 Å². The van der Waals surface area contributed by atoms with E-state index in [-0.39, 0.29) is 23.1 Å². The highest BCUT2D eigenvalue weighted by atomic mass is 79.9. The largest absolute Gasteiger partial charge is 0.355 e. The van der Waals surface area contributed by atoms with E-state index in [9.17, 15) is 9.59 Å². The van der Waals surface area contributed by atoms with Gasteiger partial charge in [0.25, 0.3) is 0 Å². The Kier molecular flexibility index (Phi) is 8.50. The van der Waals surface area contributed by atoms with Gasteiger partial charge in [0.15, 0.2) is 0 Å². The number of likely N-dealkylation sites (tertiary alicyclic amines) is 1. The van der Waals surface area contributed by atoms with E-state index in [1.165, 1.54) is 0 Å². The molecule has 0 bridgehead atoms. The number of nitrogens with one attached hydrogen (secondary N) is 1. The second-order valence-electron chi connectivity index (χ2n) is 8.87. The van der Waals surface area contributed by atoms with Gasteiger partial charge in [0.05, 0.1) is 0 Å². The fourth-order valence-corrected chi connectivity index (χ4v) is 4.36. The molecule has 1 aliphatic heterocycles. The average Bonchev–Trinajstić information content (AvgIpc) is 2.64. The first kappa shape index (κ1) is 22.9. The monoisotopic (exact) mass is 451 g/mol. The molecule has 1 N–H and O–H groups in total. The second-order valence-corrected chi connectivity index (χ2v) is 9.72. The average molecular weight is 452 g/mol. The van der Waals surface area contributed by atoms with Crippen molar-refractivity contribution in [1.29, 1.82) is 0 Å². The third kappa shape index (κ3) is 7.21. The molecule has 6 heteroatoms. The van der Waals surface area contributed by atoms with E-state index in [0.717, 1.165) is 35.8 Å². The van der Waals surface area contributed by atoms with E-state index in [1.54, 1.807) is 0 Å². The summed E-state index contributed by atoms with van der Waals surface area (Å²) in [6, 6.07) is 8.02. The number of rotatable bonds is 8. The number of carbonyl (C=O) groups excluding carboxylic acids is 2. The molecule has 156 valence electrons. The van der Waals surface area contributed by atoms with Crippen LogP contribution in [0.5, 0.6) is 0 Å². The molecule has 0 spiro atoms. The normalized spacial score (nSPS) is 15.7. The van der Waals surface area contributed by atoms with Gasteiger partial charge in [-0.25, -0.2) is 0 Å². The predicted molar refractivity (Wildman–Crippen MR) is 117 cm³/mol. The predicted octanol–water partition coefficient (Wildman–Crippen LogP) is 3.32. The second kappa shape index (κ2) is 10.4. The SMILES string of the molecule is CN(C)CC(C)(C)CNC(=O)C1CCN(C(=O)CCc2ccccc2Br)CC1. The summed E-state index contributed by atoms with van der Waals surface area (Å²) in [6.07, 6.45) is 2.75. The minimum atomic E-state index is 0.0162. The maximum atomic E-state index is 12.5. The zero-order valence-corrected chi connectivity index (χ0v) is 19.2. The summed E-state index contributed by atoms with van der Waals surface area (Å²) in [4.78, 5) is 29.1. The Morgan fingerprint density at radius 1 is 1.21 bits per heavy atom. The van der Waals surface area contributed by atoms with Crippen molar-refractivity contribution in [1.82, 2.24) is 15.1 Å². The van der Waals surface area contributed by atoms with E-state index in [0.29, 0.717) is 26.1 Å². The van der Waals surface area contributed by atoms with Crippen molar-refractivity contribution in [3.63, 3.8) is 0 Å². The minimum Gasteiger partial charge on any atom is -0.355 e. The summed E-state index contributed by atoms with van der Waals surface area (Å²) >= 11 is 3.54. The van der Waals surface area contributed by atoms with Gasteiger partial charge in [-0.1, -0.05) is 48.0 Å². The van der Waals surface area contributed by atoms with E-state index in [4.69, 9.17) is 0 Å². The zero-order chi connectivity index (χ0) is 20.7. The molecule has 2 rings (SSSR count). The fourth-order valence-electron chi connectivity index (χ4n) is 3.87. The van der Waals surface area contributed by atoms with Crippen LogP contribution in [0.15, 0.2) is 28.7 Å². The number of piperidine rings is 1. The van der Waals surface area contributed by atoms with Gasteiger partial charge in [0, 0.05) is 43.0 Å². The van der Waals surface area contributed by atoms with Crippen molar-refractivity contribution in [2.75, 3.05) is 40.3 Å². The summed E-state index contributed by atoms with van der Waals surface area (Å²) in [5, 5.41) is 3.12. The first-order chi connectivity index (χ1) is 13.2. The van der Waals surface area contributed by atoms with Gasteiger partial charge in [0.1, 0.15) is 0 Å². The summed E-state index contributed by atoms with van der Waals surface area (Å²) in [6.45, 7) is 7.29. The number of nitrogens with zero attached hydrogens (tertiary/aromatic N) is 2. The molecule has 1 aliphatic rings. The Morgan fingerprint density at radius 2 is 1.86 bits per heavy atom. The van der Waals surface area contributed by atoms with Crippen LogP contribution in [0.25, 0.3) is 0 Å². The molecule has 0 aromatic heterocycles. The lowest BCUT2D eigenvalue weighted by Gasteiger charge is -2.33. The van der Waals surface area contributed by atoms with Gasteiger partial charge in [0.2, 0.25) is 11.8 Å². The van der Waals surface area contributed by atoms with Crippen molar-refractivity contribution >= 4 is 27.7 Å². The van der Waals surface area contributed by atoms with E-state index in [2.05, 4.69) is 40.0 Å². The van der Waals surface area contributed by atoms with Crippen molar-refractivity contribution in [3.8, 4) is 0 Å². The van der Waals surface area contributed by atoms with Crippen molar-refractivity contribution in [2.45, 2.75) is 39.5 Å². The van der Waals surface area contributed by atoms with Crippen LogP contribution in [0.4, 0.5) is 0 Å².